The summed E-state index contributed by atoms with van der Waals surface area (Å²) in [5.74, 6) is 0.824. The van der Waals surface area contributed by atoms with Crippen molar-refractivity contribution in [1.82, 2.24) is 14.9 Å². The van der Waals surface area contributed by atoms with Crippen molar-refractivity contribution >= 4 is 17.4 Å². The van der Waals surface area contributed by atoms with Crippen LogP contribution in [0.3, 0.4) is 0 Å². The van der Waals surface area contributed by atoms with E-state index in [4.69, 9.17) is 11.6 Å². The van der Waals surface area contributed by atoms with Gasteiger partial charge in [-0.05, 0) is 26.9 Å². The second-order valence-electron chi connectivity index (χ2n) is 4.17. The molecule has 0 bridgehead atoms. The van der Waals surface area contributed by atoms with E-state index >= 15 is 0 Å². The molecule has 0 fully saturated rings. The number of likely N-dealkylation sites (N-methyl/N-ethyl adjacent to an activating group) is 1. The molecule has 1 aromatic heterocycles. The molecule has 0 aromatic carbocycles. The van der Waals surface area contributed by atoms with Gasteiger partial charge in [-0.15, -0.1) is 0 Å². The van der Waals surface area contributed by atoms with Gasteiger partial charge in [0.15, 0.2) is 0 Å². The van der Waals surface area contributed by atoms with E-state index in [1.807, 2.05) is 6.92 Å². The quantitative estimate of drug-likeness (QED) is 0.795. The van der Waals surface area contributed by atoms with Crippen LogP contribution in [0, 0.1) is 6.92 Å². The maximum absolute atomic E-state index is 5.96. The van der Waals surface area contributed by atoms with E-state index in [1.54, 1.807) is 0 Å². The third-order valence-electron chi connectivity index (χ3n) is 2.83. The zero-order valence-corrected chi connectivity index (χ0v) is 11.8. The number of nitrogens with one attached hydrogen (secondary N) is 1. The Hall–Kier alpha value is -0.870. The fourth-order valence-corrected chi connectivity index (χ4v) is 1.86. The highest BCUT2D eigenvalue weighted by molar-refractivity contribution is 6.30. The van der Waals surface area contributed by atoms with E-state index in [1.165, 1.54) is 6.33 Å². The van der Waals surface area contributed by atoms with Crippen LogP contribution in [0.2, 0.25) is 5.15 Å². The number of hydrogen-bond donors (Lipinski definition) is 1. The molecule has 1 atom stereocenters. The molecule has 1 rings (SSSR count). The number of rotatable bonds is 6. The maximum Gasteiger partial charge on any atom is 0.137 e. The van der Waals surface area contributed by atoms with Gasteiger partial charge >= 0.3 is 0 Å². The first-order valence-corrected chi connectivity index (χ1v) is 6.42. The molecule has 5 heteroatoms. The lowest BCUT2D eigenvalue weighted by Gasteiger charge is -2.24. The van der Waals surface area contributed by atoms with Crippen LogP contribution in [0.1, 0.15) is 26.3 Å². The van der Waals surface area contributed by atoms with Crippen LogP contribution < -0.4 is 5.32 Å². The highest BCUT2D eigenvalue weighted by atomic mass is 35.5. The van der Waals surface area contributed by atoms with Gasteiger partial charge in [0.05, 0.1) is 0 Å². The van der Waals surface area contributed by atoms with Crippen molar-refractivity contribution in [3.05, 3.63) is 17.0 Å². The Balaban J connectivity index is 2.61. The number of aromatic nitrogens is 2. The summed E-state index contributed by atoms with van der Waals surface area (Å²) in [5, 5.41) is 3.88. The zero-order valence-electron chi connectivity index (χ0n) is 11.0. The molecule has 0 amide bonds. The fraction of sp³-hybridized carbons (Fsp3) is 0.667. The van der Waals surface area contributed by atoms with Gasteiger partial charge in [0.2, 0.25) is 0 Å². The van der Waals surface area contributed by atoms with Gasteiger partial charge in [0, 0.05) is 18.2 Å². The first-order chi connectivity index (χ1) is 8.08. The molecule has 0 saturated heterocycles. The van der Waals surface area contributed by atoms with Crippen LogP contribution in [0.25, 0.3) is 0 Å². The van der Waals surface area contributed by atoms with Crippen LogP contribution in [0.15, 0.2) is 6.33 Å². The summed E-state index contributed by atoms with van der Waals surface area (Å²) in [7, 11) is 0. The molecule has 0 aliphatic heterocycles. The van der Waals surface area contributed by atoms with Crippen LogP contribution >= 0.6 is 11.6 Å². The highest BCUT2D eigenvalue weighted by Gasteiger charge is 2.10. The van der Waals surface area contributed by atoms with Crippen molar-refractivity contribution in [2.24, 2.45) is 0 Å². The topological polar surface area (TPSA) is 41.0 Å². The minimum absolute atomic E-state index is 0.333. The standard InChI is InChI=1S/C12H21ClN4/c1-5-17(6-2)7-9(3)16-12-10(4)11(13)14-8-15-12/h8-9H,5-7H2,1-4H3,(H,14,15,16). The van der Waals surface area contributed by atoms with Crippen LogP contribution in [-0.2, 0) is 0 Å². The minimum atomic E-state index is 0.333. The summed E-state index contributed by atoms with van der Waals surface area (Å²) < 4.78 is 0. The fourth-order valence-electron chi connectivity index (χ4n) is 1.72. The van der Waals surface area contributed by atoms with Gasteiger partial charge in [-0.1, -0.05) is 25.4 Å². The predicted octanol–water partition coefficient (Wildman–Crippen LogP) is 2.58. The summed E-state index contributed by atoms with van der Waals surface area (Å²) in [5.41, 5.74) is 0.903. The molecule has 96 valence electrons. The monoisotopic (exact) mass is 256 g/mol. The summed E-state index contributed by atoms with van der Waals surface area (Å²) in [6.07, 6.45) is 1.49. The number of hydrogen-bond acceptors (Lipinski definition) is 4. The summed E-state index contributed by atoms with van der Waals surface area (Å²) >= 11 is 5.96. The Kier molecular flexibility index (Phi) is 5.65. The van der Waals surface area contributed by atoms with E-state index in [9.17, 15) is 0 Å². The average Bonchev–Trinajstić information content (AvgIpc) is 2.32. The van der Waals surface area contributed by atoms with Gasteiger partial charge in [-0.2, -0.15) is 0 Å². The molecule has 0 aliphatic rings. The van der Waals surface area contributed by atoms with Crippen LogP contribution in [0.4, 0.5) is 5.82 Å². The number of anilines is 1. The van der Waals surface area contributed by atoms with E-state index in [-0.39, 0.29) is 0 Å². The maximum atomic E-state index is 5.96. The molecule has 1 N–H and O–H groups in total. The predicted molar refractivity (Wildman–Crippen MR) is 72.7 cm³/mol. The lowest BCUT2D eigenvalue weighted by atomic mass is 10.2. The molecule has 0 radical (unpaired) electrons. The lowest BCUT2D eigenvalue weighted by Crippen LogP contribution is -2.35. The second-order valence-corrected chi connectivity index (χ2v) is 4.53. The first-order valence-electron chi connectivity index (χ1n) is 6.04. The van der Waals surface area contributed by atoms with Gasteiger partial charge in [0.25, 0.3) is 0 Å². The third kappa shape index (κ3) is 4.13. The van der Waals surface area contributed by atoms with E-state index < -0.39 is 0 Å². The normalized spacial score (nSPS) is 12.8. The molecule has 4 nitrogen and oxygen atoms in total. The largest absolute Gasteiger partial charge is 0.366 e. The molecule has 1 unspecified atom stereocenters. The van der Waals surface area contributed by atoms with Crippen molar-refractivity contribution < 1.29 is 0 Å². The Morgan fingerprint density at radius 2 is 2.00 bits per heavy atom. The Morgan fingerprint density at radius 3 is 2.59 bits per heavy atom. The summed E-state index contributed by atoms with van der Waals surface area (Å²) in [6.45, 7) is 11.5. The SMILES string of the molecule is CCN(CC)CC(C)Nc1ncnc(Cl)c1C. The van der Waals surface area contributed by atoms with Crippen molar-refractivity contribution in [2.75, 3.05) is 25.0 Å². The summed E-state index contributed by atoms with van der Waals surface area (Å²) in [4.78, 5) is 10.5. The minimum Gasteiger partial charge on any atom is -0.366 e. The molecular formula is C12H21ClN4. The van der Waals surface area contributed by atoms with Gasteiger partial charge < -0.3 is 10.2 Å². The second kappa shape index (κ2) is 6.77. The summed E-state index contributed by atoms with van der Waals surface area (Å²) in [6, 6.07) is 0.333. The smallest absolute Gasteiger partial charge is 0.137 e. The average molecular weight is 257 g/mol. The molecule has 0 aliphatic carbocycles. The molecule has 17 heavy (non-hydrogen) atoms. The zero-order chi connectivity index (χ0) is 12.8. The van der Waals surface area contributed by atoms with Gasteiger partial charge in [0.1, 0.15) is 17.3 Å². The molecule has 1 heterocycles. The van der Waals surface area contributed by atoms with Crippen molar-refractivity contribution in [3.63, 3.8) is 0 Å². The van der Waals surface area contributed by atoms with Crippen molar-refractivity contribution in [2.45, 2.75) is 33.7 Å². The molecule has 1 aromatic rings. The van der Waals surface area contributed by atoms with Gasteiger partial charge in [-0.3, -0.25) is 0 Å². The Morgan fingerprint density at radius 1 is 1.35 bits per heavy atom. The van der Waals surface area contributed by atoms with E-state index in [2.05, 4.69) is 41.0 Å². The van der Waals surface area contributed by atoms with E-state index in [0.29, 0.717) is 11.2 Å². The molecule has 0 saturated carbocycles. The highest BCUT2D eigenvalue weighted by Crippen LogP contribution is 2.18. The van der Waals surface area contributed by atoms with Gasteiger partial charge in [-0.25, -0.2) is 9.97 Å². The van der Waals surface area contributed by atoms with Crippen molar-refractivity contribution in [1.29, 1.82) is 0 Å². The van der Waals surface area contributed by atoms with Crippen molar-refractivity contribution in [3.8, 4) is 0 Å². The number of halogens is 1. The lowest BCUT2D eigenvalue weighted by molar-refractivity contribution is 0.294. The Bertz CT molecular complexity index is 352. The number of nitrogens with zero attached hydrogens (tertiary/aromatic N) is 3. The van der Waals surface area contributed by atoms with Crippen LogP contribution in [-0.4, -0.2) is 40.5 Å². The Labute approximate surface area is 108 Å². The first kappa shape index (κ1) is 14.2. The van der Waals surface area contributed by atoms with Crippen LogP contribution in [0.5, 0.6) is 0 Å². The molecule has 0 spiro atoms. The third-order valence-corrected chi connectivity index (χ3v) is 3.21. The molecular weight excluding hydrogens is 236 g/mol. The van der Waals surface area contributed by atoms with E-state index in [0.717, 1.165) is 31.0 Å².